The molecular formula is C13H16BrN3OS. The van der Waals surface area contributed by atoms with E-state index in [1.807, 2.05) is 11.4 Å². The maximum Gasteiger partial charge on any atom is 0.269 e. The second-order valence-electron chi connectivity index (χ2n) is 5.36. The predicted octanol–water partition coefficient (Wildman–Crippen LogP) is 3.92. The molecule has 2 aromatic heterocycles. The standard InChI is InChI=1S/C13H16BrN3OS/c1-8-2-5-13(15,6-3-8)12-16-11(18-17-12)10-9(14)4-7-19-10/h4,7-8H,2-3,5-6,15H2,1H3. The molecule has 0 radical (unpaired) electrons. The quantitative estimate of drug-likeness (QED) is 0.898. The zero-order valence-electron chi connectivity index (χ0n) is 10.7. The molecule has 0 bridgehead atoms. The number of thiophene rings is 1. The molecule has 2 aromatic rings. The molecule has 19 heavy (non-hydrogen) atoms. The Morgan fingerprint density at radius 3 is 2.84 bits per heavy atom. The normalized spacial score (nSPS) is 27.6. The zero-order chi connectivity index (χ0) is 13.5. The van der Waals surface area contributed by atoms with E-state index in [1.54, 1.807) is 11.3 Å². The van der Waals surface area contributed by atoms with Crippen LogP contribution < -0.4 is 5.73 Å². The molecule has 102 valence electrons. The summed E-state index contributed by atoms with van der Waals surface area (Å²) < 4.78 is 6.36. The fourth-order valence-electron chi connectivity index (χ4n) is 2.47. The summed E-state index contributed by atoms with van der Waals surface area (Å²) in [5, 5.41) is 6.10. The molecule has 0 saturated heterocycles. The van der Waals surface area contributed by atoms with Gasteiger partial charge in [0.25, 0.3) is 5.89 Å². The van der Waals surface area contributed by atoms with Crippen LogP contribution in [0.4, 0.5) is 0 Å². The van der Waals surface area contributed by atoms with Crippen LogP contribution in [-0.4, -0.2) is 10.1 Å². The lowest BCUT2D eigenvalue weighted by Crippen LogP contribution is -2.41. The maximum absolute atomic E-state index is 6.45. The second-order valence-corrected chi connectivity index (χ2v) is 7.13. The predicted molar refractivity (Wildman–Crippen MR) is 78.8 cm³/mol. The van der Waals surface area contributed by atoms with Gasteiger partial charge >= 0.3 is 0 Å². The Bertz CT molecular complexity index is 572. The lowest BCUT2D eigenvalue weighted by molar-refractivity contribution is 0.230. The van der Waals surface area contributed by atoms with Crippen LogP contribution in [0.5, 0.6) is 0 Å². The molecule has 1 fully saturated rings. The number of halogens is 1. The van der Waals surface area contributed by atoms with Crippen LogP contribution in [0, 0.1) is 5.92 Å². The minimum atomic E-state index is -0.419. The number of rotatable bonds is 2. The SMILES string of the molecule is CC1CCC(N)(c2noc(-c3sccc3Br)n2)CC1. The first kappa shape index (κ1) is 13.3. The molecule has 1 saturated carbocycles. The van der Waals surface area contributed by atoms with Gasteiger partial charge in [0, 0.05) is 4.47 Å². The molecule has 2 N–H and O–H groups in total. The lowest BCUT2D eigenvalue weighted by atomic mass is 9.77. The van der Waals surface area contributed by atoms with Crippen LogP contribution in [0.1, 0.15) is 38.4 Å². The van der Waals surface area contributed by atoms with Gasteiger partial charge in [-0.1, -0.05) is 12.1 Å². The fraction of sp³-hybridized carbons (Fsp3) is 0.538. The van der Waals surface area contributed by atoms with Gasteiger partial charge in [-0.3, -0.25) is 0 Å². The van der Waals surface area contributed by atoms with Crippen molar-refractivity contribution in [3.05, 3.63) is 21.7 Å². The van der Waals surface area contributed by atoms with Crippen molar-refractivity contribution in [2.24, 2.45) is 11.7 Å². The number of nitrogens with two attached hydrogens (primary N) is 1. The highest BCUT2D eigenvalue weighted by molar-refractivity contribution is 9.10. The summed E-state index contributed by atoms with van der Waals surface area (Å²) in [5.74, 6) is 1.95. The van der Waals surface area contributed by atoms with Crippen LogP contribution in [-0.2, 0) is 5.54 Å². The van der Waals surface area contributed by atoms with Crippen molar-refractivity contribution >= 4 is 27.3 Å². The van der Waals surface area contributed by atoms with Crippen LogP contribution in [0.3, 0.4) is 0 Å². The first-order valence-corrected chi connectivity index (χ1v) is 8.12. The first-order chi connectivity index (χ1) is 9.08. The molecule has 1 aliphatic carbocycles. The molecule has 0 amide bonds. The van der Waals surface area contributed by atoms with Gasteiger partial charge in [-0.25, -0.2) is 0 Å². The number of aromatic nitrogens is 2. The third-order valence-electron chi connectivity index (χ3n) is 3.85. The summed E-state index contributed by atoms with van der Waals surface area (Å²) in [6, 6.07) is 1.98. The first-order valence-electron chi connectivity index (χ1n) is 6.45. The highest BCUT2D eigenvalue weighted by Crippen LogP contribution is 2.38. The Hall–Kier alpha value is -0.720. The molecule has 1 aliphatic rings. The monoisotopic (exact) mass is 341 g/mol. The van der Waals surface area contributed by atoms with Crippen LogP contribution in [0.2, 0.25) is 0 Å². The van der Waals surface area contributed by atoms with Gasteiger partial charge in [-0.2, -0.15) is 4.98 Å². The Balaban J connectivity index is 1.87. The van der Waals surface area contributed by atoms with Gasteiger partial charge in [0.1, 0.15) is 4.88 Å². The molecular weight excluding hydrogens is 326 g/mol. The largest absolute Gasteiger partial charge is 0.333 e. The van der Waals surface area contributed by atoms with Crippen LogP contribution in [0.15, 0.2) is 20.4 Å². The summed E-state index contributed by atoms with van der Waals surface area (Å²) in [5.41, 5.74) is 6.04. The van der Waals surface area contributed by atoms with E-state index in [0.29, 0.717) is 11.7 Å². The van der Waals surface area contributed by atoms with Crippen molar-refractivity contribution in [1.82, 2.24) is 10.1 Å². The van der Waals surface area contributed by atoms with Gasteiger partial charge in [-0.05, 0) is 59.0 Å². The van der Waals surface area contributed by atoms with Gasteiger partial charge in [0.15, 0.2) is 5.82 Å². The topological polar surface area (TPSA) is 64.9 Å². The molecule has 6 heteroatoms. The van der Waals surface area contributed by atoms with Gasteiger partial charge in [0.05, 0.1) is 5.54 Å². The van der Waals surface area contributed by atoms with Crippen molar-refractivity contribution in [3.63, 3.8) is 0 Å². The minimum absolute atomic E-state index is 0.419. The molecule has 0 aliphatic heterocycles. The van der Waals surface area contributed by atoms with Crippen LogP contribution >= 0.6 is 27.3 Å². The molecule has 3 rings (SSSR count). The summed E-state index contributed by atoms with van der Waals surface area (Å²) in [4.78, 5) is 5.48. The van der Waals surface area contributed by atoms with E-state index in [4.69, 9.17) is 10.3 Å². The Kier molecular flexibility index (Phi) is 3.49. The van der Waals surface area contributed by atoms with Crippen molar-refractivity contribution in [2.75, 3.05) is 0 Å². The second kappa shape index (κ2) is 5.00. The Labute approximate surface area is 124 Å². The third-order valence-corrected chi connectivity index (χ3v) is 5.67. The molecule has 0 spiro atoms. The minimum Gasteiger partial charge on any atom is -0.333 e. The summed E-state index contributed by atoms with van der Waals surface area (Å²) >= 11 is 5.06. The van der Waals surface area contributed by atoms with Gasteiger partial charge in [0.2, 0.25) is 0 Å². The van der Waals surface area contributed by atoms with Crippen molar-refractivity contribution in [3.8, 4) is 10.8 Å². The fourth-order valence-corrected chi connectivity index (χ4v) is 3.93. The smallest absolute Gasteiger partial charge is 0.269 e. The van der Waals surface area contributed by atoms with Crippen molar-refractivity contribution < 1.29 is 4.52 Å². The summed E-state index contributed by atoms with van der Waals surface area (Å²) in [6.07, 6.45) is 4.11. The van der Waals surface area contributed by atoms with E-state index in [1.165, 1.54) is 0 Å². The molecule has 0 atom stereocenters. The third kappa shape index (κ3) is 2.49. The van der Waals surface area contributed by atoms with E-state index in [9.17, 15) is 0 Å². The van der Waals surface area contributed by atoms with E-state index in [-0.39, 0.29) is 0 Å². The highest BCUT2D eigenvalue weighted by Gasteiger charge is 2.36. The van der Waals surface area contributed by atoms with E-state index < -0.39 is 5.54 Å². The van der Waals surface area contributed by atoms with Crippen molar-refractivity contribution in [2.45, 2.75) is 38.1 Å². The maximum atomic E-state index is 6.45. The number of hydrogen-bond acceptors (Lipinski definition) is 5. The number of hydrogen-bond donors (Lipinski definition) is 1. The molecule has 2 heterocycles. The highest BCUT2D eigenvalue weighted by atomic mass is 79.9. The average Bonchev–Trinajstić information content (AvgIpc) is 3.01. The Morgan fingerprint density at radius 2 is 2.21 bits per heavy atom. The van der Waals surface area contributed by atoms with Gasteiger partial charge < -0.3 is 10.3 Å². The average molecular weight is 342 g/mol. The molecule has 0 unspecified atom stereocenters. The van der Waals surface area contributed by atoms with Gasteiger partial charge in [-0.15, -0.1) is 11.3 Å². The van der Waals surface area contributed by atoms with Crippen LogP contribution in [0.25, 0.3) is 10.8 Å². The number of nitrogens with zero attached hydrogens (tertiary/aromatic N) is 2. The van der Waals surface area contributed by atoms with E-state index >= 15 is 0 Å². The van der Waals surface area contributed by atoms with E-state index in [0.717, 1.165) is 41.0 Å². The van der Waals surface area contributed by atoms with E-state index in [2.05, 4.69) is 33.0 Å². The molecule has 4 nitrogen and oxygen atoms in total. The summed E-state index contributed by atoms with van der Waals surface area (Å²) in [6.45, 7) is 2.27. The van der Waals surface area contributed by atoms with Crippen molar-refractivity contribution in [1.29, 1.82) is 0 Å². The Morgan fingerprint density at radius 1 is 1.47 bits per heavy atom. The summed E-state index contributed by atoms with van der Waals surface area (Å²) in [7, 11) is 0. The molecule has 0 aromatic carbocycles. The lowest BCUT2D eigenvalue weighted by Gasteiger charge is -2.33. The zero-order valence-corrected chi connectivity index (χ0v) is 13.1.